The molecule has 4 heteroatoms. The number of methoxy groups -OCH3 is 2. The molecule has 0 saturated heterocycles. The Hall–Kier alpha value is -1.26. The van der Waals surface area contributed by atoms with Gasteiger partial charge in [-0.2, -0.15) is 0 Å². The van der Waals surface area contributed by atoms with Gasteiger partial charge in [0.15, 0.2) is 0 Å². The van der Waals surface area contributed by atoms with Crippen LogP contribution in [0.1, 0.15) is 25.5 Å². The third-order valence-electron chi connectivity index (χ3n) is 3.26. The second kappa shape index (κ2) is 7.24. The van der Waals surface area contributed by atoms with E-state index in [0.717, 1.165) is 30.2 Å². The van der Waals surface area contributed by atoms with Crippen LogP contribution in [0.4, 0.5) is 0 Å². The van der Waals surface area contributed by atoms with Crippen LogP contribution in [-0.2, 0) is 0 Å². The van der Waals surface area contributed by atoms with Crippen LogP contribution in [-0.4, -0.2) is 38.8 Å². The average Bonchev–Trinajstić information content (AvgIpc) is 2.43. The summed E-state index contributed by atoms with van der Waals surface area (Å²) in [6.07, 6.45) is 0. The van der Waals surface area contributed by atoms with Crippen molar-refractivity contribution in [3.05, 3.63) is 23.8 Å². The standard InChI is InChI=1S/C14H24N2O2/c1-5-16(9-8-15)11(2)13-7-6-12(17-3)10-14(13)18-4/h6-7,10-11H,5,8-9,15H2,1-4H3. The number of hydrogen-bond acceptors (Lipinski definition) is 4. The second-order valence-electron chi connectivity index (χ2n) is 4.20. The molecule has 0 aliphatic heterocycles. The van der Waals surface area contributed by atoms with Crippen molar-refractivity contribution in [2.24, 2.45) is 5.73 Å². The van der Waals surface area contributed by atoms with Crippen LogP contribution < -0.4 is 15.2 Å². The fourth-order valence-electron chi connectivity index (χ4n) is 2.15. The number of benzene rings is 1. The maximum Gasteiger partial charge on any atom is 0.127 e. The molecule has 1 aromatic rings. The smallest absolute Gasteiger partial charge is 0.127 e. The van der Waals surface area contributed by atoms with Gasteiger partial charge >= 0.3 is 0 Å². The fraction of sp³-hybridized carbons (Fsp3) is 0.571. The maximum absolute atomic E-state index is 5.64. The number of rotatable bonds is 7. The SMILES string of the molecule is CCN(CCN)C(C)c1ccc(OC)cc1OC. The van der Waals surface area contributed by atoms with Crippen molar-refractivity contribution in [3.8, 4) is 11.5 Å². The highest BCUT2D eigenvalue weighted by Crippen LogP contribution is 2.32. The van der Waals surface area contributed by atoms with Crippen molar-refractivity contribution in [2.45, 2.75) is 19.9 Å². The minimum atomic E-state index is 0.277. The third-order valence-corrected chi connectivity index (χ3v) is 3.26. The zero-order valence-corrected chi connectivity index (χ0v) is 11.8. The van der Waals surface area contributed by atoms with E-state index in [4.69, 9.17) is 15.2 Å². The van der Waals surface area contributed by atoms with Crippen LogP contribution in [0.3, 0.4) is 0 Å². The van der Waals surface area contributed by atoms with Crippen LogP contribution >= 0.6 is 0 Å². The van der Waals surface area contributed by atoms with Crippen molar-refractivity contribution in [1.82, 2.24) is 4.90 Å². The molecule has 0 spiro atoms. The Morgan fingerprint density at radius 3 is 2.50 bits per heavy atom. The molecule has 0 amide bonds. The molecule has 1 aromatic carbocycles. The van der Waals surface area contributed by atoms with Gasteiger partial charge in [0, 0.05) is 30.8 Å². The zero-order chi connectivity index (χ0) is 13.5. The van der Waals surface area contributed by atoms with E-state index < -0.39 is 0 Å². The van der Waals surface area contributed by atoms with Crippen LogP contribution in [0, 0.1) is 0 Å². The van der Waals surface area contributed by atoms with Gasteiger partial charge in [0.2, 0.25) is 0 Å². The largest absolute Gasteiger partial charge is 0.497 e. The van der Waals surface area contributed by atoms with Gasteiger partial charge in [-0.3, -0.25) is 4.90 Å². The lowest BCUT2D eigenvalue weighted by molar-refractivity contribution is 0.223. The highest BCUT2D eigenvalue weighted by atomic mass is 16.5. The fourth-order valence-corrected chi connectivity index (χ4v) is 2.15. The second-order valence-corrected chi connectivity index (χ2v) is 4.20. The molecule has 1 atom stereocenters. The molecule has 0 aromatic heterocycles. The number of nitrogens with zero attached hydrogens (tertiary/aromatic N) is 1. The summed E-state index contributed by atoms with van der Waals surface area (Å²) >= 11 is 0. The van der Waals surface area contributed by atoms with Gasteiger partial charge in [0.25, 0.3) is 0 Å². The Balaban J connectivity index is 2.99. The van der Waals surface area contributed by atoms with E-state index in [0.29, 0.717) is 6.54 Å². The van der Waals surface area contributed by atoms with E-state index in [2.05, 4.69) is 24.8 Å². The lowest BCUT2D eigenvalue weighted by atomic mass is 10.1. The molecule has 0 heterocycles. The molecule has 0 bridgehead atoms. The molecule has 1 unspecified atom stereocenters. The van der Waals surface area contributed by atoms with E-state index in [1.54, 1.807) is 14.2 Å². The predicted octanol–water partition coefficient (Wildman–Crippen LogP) is 2.05. The summed E-state index contributed by atoms with van der Waals surface area (Å²) in [5, 5.41) is 0. The number of ether oxygens (including phenoxy) is 2. The predicted molar refractivity (Wildman–Crippen MR) is 74.3 cm³/mol. The van der Waals surface area contributed by atoms with Crippen LogP contribution in [0.25, 0.3) is 0 Å². The molecule has 0 fully saturated rings. The van der Waals surface area contributed by atoms with Gasteiger partial charge in [-0.25, -0.2) is 0 Å². The van der Waals surface area contributed by atoms with Gasteiger partial charge in [0.1, 0.15) is 11.5 Å². The Labute approximate surface area is 110 Å². The summed E-state index contributed by atoms with van der Waals surface area (Å²) in [5.41, 5.74) is 6.80. The van der Waals surface area contributed by atoms with Crippen molar-refractivity contribution in [3.63, 3.8) is 0 Å². The monoisotopic (exact) mass is 252 g/mol. The van der Waals surface area contributed by atoms with Crippen molar-refractivity contribution in [2.75, 3.05) is 33.9 Å². The minimum absolute atomic E-state index is 0.277. The van der Waals surface area contributed by atoms with Gasteiger partial charge < -0.3 is 15.2 Å². The molecule has 18 heavy (non-hydrogen) atoms. The van der Waals surface area contributed by atoms with Crippen LogP contribution in [0.15, 0.2) is 18.2 Å². The van der Waals surface area contributed by atoms with E-state index in [1.165, 1.54) is 0 Å². The van der Waals surface area contributed by atoms with Gasteiger partial charge in [-0.1, -0.05) is 13.0 Å². The average molecular weight is 252 g/mol. The minimum Gasteiger partial charge on any atom is -0.497 e. The number of nitrogens with two attached hydrogens (primary N) is 1. The first-order valence-corrected chi connectivity index (χ1v) is 6.33. The van der Waals surface area contributed by atoms with Crippen molar-refractivity contribution in [1.29, 1.82) is 0 Å². The Morgan fingerprint density at radius 1 is 1.28 bits per heavy atom. The van der Waals surface area contributed by atoms with Crippen molar-refractivity contribution < 1.29 is 9.47 Å². The summed E-state index contributed by atoms with van der Waals surface area (Å²) in [6, 6.07) is 6.22. The number of hydrogen-bond donors (Lipinski definition) is 1. The summed E-state index contributed by atoms with van der Waals surface area (Å²) in [7, 11) is 3.34. The molecule has 0 aliphatic carbocycles. The summed E-state index contributed by atoms with van der Waals surface area (Å²) in [4.78, 5) is 2.32. The van der Waals surface area contributed by atoms with E-state index in [9.17, 15) is 0 Å². The number of likely N-dealkylation sites (N-methyl/N-ethyl adjacent to an activating group) is 1. The molecule has 2 N–H and O–H groups in total. The van der Waals surface area contributed by atoms with Crippen LogP contribution in [0.5, 0.6) is 11.5 Å². The first kappa shape index (κ1) is 14.8. The Bertz CT molecular complexity index is 369. The first-order valence-electron chi connectivity index (χ1n) is 6.33. The zero-order valence-electron chi connectivity index (χ0n) is 11.8. The molecular weight excluding hydrogens is 228 g/mol. The molecule has 1 rings (SSSR count). The van der Waals surface area contributed by atoms with E-state index >= 15 is 0 Å². The molecule has 102 valence electrons. The van der Waals surface area contributed by atoms with Gasteiger partial charge in [-0.15, -0.1) is 0 Å². The van der Waals surface area contributed by atoms with Crippen LogP contribution in [0.2, 0.25) is 0 Å². The third kappa shape index (κ3) is 3.37. The van der Waals surface area contributed by atoms with E-state index in [-0.39, 0.29) is 6.04 Å². The highest BCUT2D eigenvalue weighted by molar-refractivity contribution is 5.42. The van der Waals surface area contributed by atoms with Crippen molar-refractivity contribution >= 4 is 0 Å². The maximum atomic E-state index is 5.64. The molecule has 0 radical (unpaired) electrons. The Morgan fingerprint density at radius 2 is 2.00 bits per heavy atom. The summed E-state index contributed by atoms with van der Waals surface area (Å²) in [5.74, 6) is 1.67. The molecule has 0 aliphatic rings. The highest BCUT2D eigenvalue weighted by Gasteiger charge is 2.17. The normalized spacial score (nSPS) is 12.6. The quantitative estimate of drug-likeness (QED) is 0.807. The van der Waals surface area contributed by atoms with E-state index in [1.807, 2.05) is 12.1 Å². The van der Waals surface area contributed by atoms with Gasteiger partial charge in [0.05, 0.1) is 14.2 Å². The lowest BCUT2D eigenvalue weighted by Crippen LogP contribution is -2.32. The topological polar surface area (TPSA) is 47.7 Å². The summed E-state index contributed by atoms with van der Waals surface area (Å²) < 4.78 is 10.7. The Kier molecular flexibility index (Phi) is 5.95. The van der Waals surface area contributed by atoms with Gasteiger partial charge in [-0.05, 0) is 19.5 Å². The summed E-state index contributed by atoms with van der Waals surface area (Å²) in [6.45, 7) is 6.82. The first-order chi connectivity index (χ1) is 8.67. The molecule has 0 saturated carbocycles. The molecule has 4 nitrogen and oxygen atoms in total. The molecular formula is C14H24N2O2. The lowest BCUT2D eigenvalue weighted by Gasteiger charge is -2.28.